The molecule has 0 heterocycles. The molecular weight excluding hydrogens is 355 g/mol. The lowest BCUT2D eigenvalue weighted by Crippen LogP contribution is -2.23. The van der Waals surface area contributed by atoms with Crippen LogP contribution in [0.2, 0.25) is 0 Å². The zero-order chi connectivity index (χ0) is 10.8. The summed E-state index contributed by atoms with van der Waals surface area (Å²) in [7, 11) is 0. The van der Waals surface area contributed by atoms with Gasteiger partial charge in [0.05, 0.1) is 6.61 Å². The summed E-state index contributed by atoms with van der Waals surface area (Å²) in [5.41, 5.74) is 0.739. The Kier molecular flexibility index (Phi) is 4.15. The van der Waals surface area contributed by atoms with Crippen molar-refractivity contribution >= 4 is 38.5 Å². The zero-order valence-corrected chi connectivity index (χ0v) is 11.7. The monoisotopic (exact) mass is 366 g/mol. The van der Waals surface area contributed by atoms with Gasteiger partial charge in [-0.2, -0.15) is 0 Å². The predicted octanol–water partition coefficient (Wildman–Crippen LogP) is 3.49. The first-order valence-electron chi connectivity index (χ1n) is 4.23. The van der Waals surface area contributed by atoms with Crippen LogP contribution in [0.25, 0.3) is 0 Å². The fraction of sp³-hybridized carbons (Fsp3) is 0.273. The minimum absolute atomic E-state index is 0.0776. The summed E-state index contributed by atoms with van der Waals surface area (Å²) < 4.78 is 2.22. The second kappa shape index (κ2) is 4.77. The summed E-state index contributed by atoms with van der Waals surface area (Å²) >= 11 is 5.70. The first kappa shape index (κ1) is 12.2. The van der Waals surface area contributed by atoms with Crippen molar-refractivity contribution in [2.75, 3.05) is 6.61 Å². The van der Waals surface area contributed by atoms with Gasteiger partial charge in [0.2, 0.25) is 0 Å². The van der Waals surface area contributed by atoms with Crippen molar-refractivity contribution < 1.29 is 5.11 Å². The van der Waals surface area contributed by atoms with Gasteiger partial charge in [-0.05, 0) is 63.1 Å². The number of hydrogen-bond donors (Lipinski definition) is 1. The van der Waals surface area contributed by atoms with Gasteiger partial charge in [-0.25, -0.2) is 0 Å². The van der Waals surface area contributed by atoms with Gasteiger partial charge in [0.1, 0.15) is 0 Å². The average Bonchev–Trinajstić information content (AvgIpc) is 2.21. The van der Waals surface area contributed by atoms with E-state index in [0.29, 0.717) is 0 Å². The van der Waals surface area contributed by atoms with Gasteiger partial charge in [0.25, 0.3) is 0 Å². The smallest absolute Gasteiger partial charge is 0.0559 e. The van der Waals surface area contributed by atoms with Crippen molar-refractivity contribution in [1.82, 2.24) is 0 Å². The van der Waals surface area contributed by atoms with E-state index in [-0.39, 0.29) is 12.0 Å². The molecule has 3 heteroatoms. The Labute approximate surface area is 106 Å². The van der Waals surface area contributed by atoms with Gasteiger partial charge < -0.3 is 5.11 Å². The standard InChI is InChI=1S/C11H12BrIO/c1-3-11(2,7-14)8-4-5-9(12)10(13)6-8/h3-6,14H,1,7H2,2H3/t11-/m0/s1. The predicted molar refractivity (Wildman–Crippen MR) is 71.5 cm³/mol. The molecule has 1 rings (SSSR count). The maximum atomic E-state index is 9.31. The fourth-order valence-electron chi connectivity index (χ4n) is 1.13. The third-order valence-electron chi connectivity index (χ3n) is 2.36. The fourth-order valence-corrected chi connectivity index (χ4v) is 1.89. The summed E-state index contributed by atoms with van der Waals surface area (Å²) in [6, 6.07) is 6.06. The van der Waals surface area contributed by atoms with Gasteiger partial charge >= 0.3 is 0 Å². The Morgan fingerprint density at radius 3 is 2.71 bits per heavy atom. The van der Waals surface area contributed by atoms with Gasteiger partial charge in [-0.15, -0.1) is 6.58 Å². The molecule has 1 N–H and O–H groups in total. The lowest BCUT2D eigenvalue weighted by atomic mass is 9.84. The SMILES string of the molecule is C=C[C@@](C)(CO)c1ccc(Br)c(I)c1. The molecule has 0 bridgehead atoms. The van der Waals surface area contributed by atoms with Crippen molar-refractivity contribution in [2.24, 2.45) is 0 Å². The Bertz CT molecular complexity index is 351. The van der Waals surface area contributed by atoms with E-state index in [9.17, 15) is 5.11 Å². The van der Waals surface area contributed by atoms with E-state index in [0.717, 1.165) is 13.6 Å². The summed E-state index contributed by atoms with van der Waals surface area (Å²) in [5.74, 6) is 0. The molecule has 0 aliphatic rings. The van der Waals surface area contributed by atoms with Gasteiger partial charge in [-0.1, -0.05) is 12.1 Å². The molecule has 0 fully saturated rings. The van der Waals surface area contributed by atoms with E-state index in [1.54, 1.807) is 6.08 Å². The largest absolute Gasteiger partial charge is 0.395 e. The van der Waals surface area contributed by atoms with Crippen molar-refractivity contribution in [2.45, 2.75) is 12.3 Å². The van der Waals surface area contributed by atoms with E-state index in [2.05, 4.69) is 51.2 Å². The minimum Gasteiger partial charge on any atom is -0.395 e. The quantitative estimate of drug-likeness (QED) is 0.641. The Morgan fingerprint density at radius 2 is 2.29 bits per heavy atom. The Hall–Kier alpha value is 0.130. The molecule has 0 aromatic heterocycles. The highest BCUT2D eigenvalue weighted by molar-refractivity contribution is 14.1. The summed E-state index contributed by atoms with van der Waals surface area (Å²) in [6.45, 7) is 5.81. The Balaban J connectivity index is 3.19. The number of benzene rings is 1. The lowest BCUT2D eigenvalue weighted by molar-refractivity contribution is 0.236. The van der Waals surface area contributed by atoms with Crippen molar-refractivity contribution in [3.05, 3.63) is 44.5 Å². The average molecular weight is 367 g/mol. The number of aliphatic hydroxyl groups excluding tert-OH is 1. The lowest BCUT2D eigenvalue weighted by Gasteiger charge is -2.23. The molecule has 14 heavy (non-hydrogen) atoms. The van der Waals surface area contributed by atoms with Crippen LogP contribution < -0.4 is 0 Å². The Morgan fingerprint density at radius 1 is 1.64 bits per heavy atom. The maximum Gasteiger partial charge on any atom is 0.0559 e. The second-order valence-corrected chi connectivity index (χ2v) is 5.43. The molecule has 0 aliphatic heterocycles. The van der Waals surface area contributed by atoms with Crippen LogP contribution >= 0.6 is 38.5 Å². The molecule has 0 unspecified atom stereocenters. The van der Waals surface area contributed by atoms with Gasteiger partial charge in [-0.3, -0.25) is 0 Å². The van der Waals surface area contributed by atoms with Crippen LogP contribution in [0.5, 0.6) is 0 Å². The third-order valence-corrected chi connectivity index (χ3v) is 4.68. The summed E-state index contributed by atoms with van der Waals surface area (Å²) in [6.07, 6.45) is 1.78. The van der Waals surface area contributed by atoms with Crippen molar-refractivity contribution in [3.63, 3.8) is 0 Å². The number of halogens is 2. The van der Waals surface area contributed by atoms with Crippen LogP contribution in [0.1, 0.15) is 12.5 Å². The molecule has 1 aromatic rings. The minimum atomic E-state index is -0.347. The number of hydrogen-bond acceptors (Lipinski definition) is 1. The second-order valence-electron chi connectivity index (χ2n) is 3.41. The molecule has 0 saturated carbocycles. The molecule has 1 aromatic carbocycles. The van der Waals surface area contributed by atoms with Crippen LogP contribution in [-0.2, 0) is 5.41 Å². The van der Waals surface area contributed by atoms with Gasteiger partial charge in [0, 0.05) is 13.5 Å². The van der Waals surface area contributed by atoms with Crippen molar-refractivity contribution in [1.29, 1.82) is 0 Å². The molecule has 0 saturated heterocycles. The molecule has 1 atom stereocenters. The highest BCUT2D eigenvalue weighted by Gasteiger charge is 2.22. The van der Waals surface area contributed by atoms with E-state index >= 15 is 0 Å². The molecule has 76 valence electrons. The van der Waals surface area contributed by atoms with Crippen molar-refractivity contribution in [3.8, 4) is 0 Å². The topological polar surface area (TPSA) is 20.2 Å². The van der Waals surface area contributed by atoms with Gasteiger partial charge in [0.15, 0.2) is 0 Å². The summed E-state index contributed by atoms with van der Waals surface area (Å²) in [4.78, 5) is 0. The molecular formula is C11H12BrIO. The molecule has 0 spiro atoms. The summed E-state index contributed by atoms with van der Waals surface area (Å²) in [5, 5.41) is 9.31. The normalized spacial score (nSPS) is 14.9. The van der Waals surface area contributed by atoms with Crippen LogP contribution in [0.15, 0.2) is 35.3 Å². The van der Waals surface area contributed by atoms with Crippen LogP contribution in [-0.4, -0.2) is 11.7 Å². The van der Waals surface area contributed by atoms with Crippen LogP contribution in [0, 0.1) is 3.57 Å². The molecule has 1 nitrogen and oxygen atoms in total. The van der Waals surface area contributed by atoms with E-state index < -0.39 is 0 Å². The third kappa shape index (κ3) is 2.38. The first-order valence-corrected chi connectivity index (χ1v) is 6.10. The first-order chi connectivity index (χ1) is 6.53. The van der Waals surface area contributed by atoms with E-state index in [1.807, 2.05) is 19.1 Å². The highest BCUT2D eigenvalue weighted by Crippen LogP contribution is 2.28. The zero-order valence-electron chi connectivity index (χ0n) is 7.93. The number of rotatable bonds is 3. The molecule has 0 radical (unpaired) electrons. The van der Waals surface area contributed by atoms with Crippen LogP contribution in [0.4, 0.5) is 0 Å². The molecule has 0 aliphatic carbocycles. The van der Waals surface area contributed by atoms with Crippen LogP contribution in [0.3, 0.4) is 0 Å². The molecule has 0 amide bonds. The number of aliphatic hydroxyl groups is 1. The van der Waals surface area contributed by atoms with E-state index in [1.165, 1.54) is 0 Å². The maximum absolute atomic E-state index is 9.31. The van der Waals surface area contributed by atoms with E-state index in [4.69, 9.17) is 0 Å². The highest BCUT2D eigenvalue weighted by atomic mass is 127.